The second kappa shape index (κ2) is 7.31. The fraction of sp³-hybridized carbons (Fsp3) is 0.333. The van der Waals surface area contributed by atoms with E-state index in [1.807, 2.05) is 41.3 Å². The van der Waals surface area contributed by atoms with Crippen LogP contribution in [0, 0.1) is 0 Å². The molecule has 0 aromatic heterocycles. The minimum atomic E-state index is -0.135. The Labute approximate surface area is 158 Å². The van der Waals surface area contributed by atoms with Crippen LogP contribution in [0.1, 0.15) is 27.9 Å². The number of hydrogen-bond acceptors (Lipinski definition) is 4. The molecule has 2 aliphatic heterocycles. The number of ether oxygens (including phenoxy) is 2. The Bertz CT molecular complexity index is 876. The van der Waals surface area contributed by atoms with Crippen LogP contribution in [0.25, 0.3) is 0 Å². The normalized spacial score (nSPS) is 14.7. The van der Waals surface area contributed by atoms with Crippen molar-refractivity contribution in [3.63, 3.8) is 0 Å². The Kier molecular flexibility index (Phi) is 4.71. The maximum absolute atomic E-state index is 12.5. The number of carbonyl (C=O) groups is 2. The average Bonchev–Trinajstić information content (AvgIpc) is 3.02. The molecule has 4 rings (SSSR count). The smallest absolute Gasteiger partial charge is 0.251 e. The van der Waals surface area contributed by atoms with Gasteiger partial charge in [-0.15, -0.1) is 0 Å². The fourth-order valence-corrected chi connectivity index (χ4v) is 3.72. The summed E-state index contributed by atoms with van der Waals surface area (Å²) >= 11 is 0. The Balaban J connectivity index is 1.35. The number of anilines is 1. The molecular weight excluding hydrogens is 344 g/mol. The molecular formula is C21H22N2O4. The van der Waals surface area contributed by atoms with Gasteiger partial charge in [0.2, 0.25) is 5.91 Å². The number of aryl methyl sites for hydroxylation is 1. The van der Waals surface area contributed by atoms with Gasteiger partial charge in [-0.05, 0) is 60.4 Å². The number of rotatable bonds is 6. The van der Waals surface area contributed by atoms with Gasteiger partial charge in [-0.25, -0.2) is 0 Å². The Hall–Kier alpha value is -3.02. The molecule has 0 saturated heterocycles. The molecule has 2 aliphatic rings. The molecule has 0 atom stereocenters. The van der Waals surface area contributed by atoms with Gasteiger partial charge < -0.3 is 19.7 Å². The van der Waals surface area contributed by atoms with Crippen molar-refractivity contribution in [1.29, 1.82) is 0 Å². The zero-order valence-electron chi connectivity index (χ0n) is 15.3. The number of methoxy groups -OCH3 is 1. The van der Waals surface area contributed by atoms with Gasteiger partial charge in [0.25, 0.3) is 5.91 Å². The average molecular weight is 366 g/mol. The summed E-state index contributed by atoms with van der Waals surface area (Å²) in [7, 11) is 1.62. The predicted molar refractivity (Wildman–Crippen MR) is 102 cm³/mol. The minimum Gasteiger partial charge on any atom is -0.497 e. The summed E-state index contributed by atoms with van der Waals surface area (Å²) in [6.45, 7) is 1.57. The monoisotopic (exact) mass is 366 g/mol. The predicted octanol–water partition coefficient (Wildman–Crippen LogP) is 2.34. The van der Waals surface area contributed by atoms with Crippen LogP contribution < -0.4 is 19.7 Å². The van der Waals surface area contributed by atoms with E-state index in [9.17, 15) is 9.59 Å². The lowest BCUT2D eigenvalue weighted by Crippen LogP contribution is -2.31. The van der Waals surface area contributed by atoms with E-state index in [1.165, 1.54) is 0 Å². The van der Waals surface area contributed by atoms with Crippen LogP contribution in [-0.4, -0.2) is 38.6 Å². The van der Waals surface area contributed by atoms with Crippen LogP contribution in [0.5, 0.6) is 11.5 Å². The molecule has 1 N–H and O–H groups in total. The van der Waals surface area contributed by atoms with Crippen LogP contribution in [0.4, 0.5) is 5.69 Å². The highest BCUT2D eigenvalue weighted by Gasteiger charge is 2.32. The second-order valence-corrected chi connectivity index (χ2v) is 6.75. The topological polar surface area (TPSA) is 67.9 Å². The first-order valence-corrected chi connectivity index (χ1v) is 9.17. The van der Waals surface area contributed by atoms with Crippen molar-refractivity contribution in [1.82, 2.24) is 5.32 Å². The molecule has 2 aromatic carbocycles. The van der Waals surface area contributed by atoms with Crippen LogP contribution in [0.2, 0.25) is 0 Å². The van der Waals surface area contributed by atoms with Gasteiger partial charge in [0.15, 0.2) is 0 Å². The summed E-state index contributed by atoms with van der Waals surface area (Å²) in [4.78, 5) is 26.5. The molecule has 6 heteroatoms. The molecule has 2 aromatic rings. The Morgan fingerprint density at radius 1 is 1.15 bits per heavy atom. The Morgan fingerprint density at radius 2 is 1.89 bits per heavy atom. The number of hydrogen-bond donors (Lipinski definition) is 1. The lowest BCUT2D eigenvalue weighted by atomic mass is 9.96. The van der Waals surface area contributed by atoms with Gasteiger partial charge in [0.05, 0.1) is 25.8 Å². The van der Waals surface area contributed by atoms with Gasteiger partial charge in [0.1, 0.15) is 18.1 Å². The van der Waals surface area contributed by atoms with Crippen LogP contribution in [-0.2, 0) is 17.6 Å². The van der Waals surface area contributed by atoms with E-state index in [0.29, 0.717) is 25.1 Å². The van der Waals surface area contributed by atoms with E-state index >= 15 is 0 Å². The van der Waals surface area contributed by atoms with Gasteiger partial charge in [-0.3, -0.25) is 9.59 Å². The van der Waals surface area contributed by atoms with Crippen LogP contribution >= 0.6 is 0 Å². The highest BCUT2D eigenvalue weighted by molar-refractivity contribution is 6.04. The van der Waals surface area contributed by atoms with E-state index < -0.39 is 0 Å². The van der Waals surface area contributed by atoms with Gasteiger partial charge in [-0.1, -0.05) is 0 Å². The third-order valence-electron chi connectivity index (χ3n) is 4.99. The molecule has 0 spiro atoms. The molecule has 0 unspecified atom stereocenters. The highest BCUT2D eigenvalue weighted by Crippen LogP contribution is 2.37. The maximum Gasteiger partial charge on any atom is 0.251 e. The van der Waals surface area contributed by atoms with Crippen molar-refractivity contribution in [2.24, 2.45) is 0 Å². The van der Waals surface area contributed by atoms with E-state index in [0.717, 1.165) is 47.7 Å². The van der Waals surface area contributed by atoms with Crippen LogP contribution in [0.3, 0.4) is 0 Å². The van der Waals surface area contributed by atoms with Gasteiger partial charge in [0, 0.05) is 12.1 Å². The van der Waals surface area contributed by atoms with Crippen molar-refractivity contribution in [3.8, 4) is 11.5 Å². The van der Waals surface area contributed by atoms with E-state index in [4.69, 9.17) is 9.47 Å². The highest BCUT2D eigenvalue weighted by atomic mass is 16.5. The largest absolute Gasteiger partial charge is 0.497 e. The summed E-state index contributed by atoms with van der Waals surface area (Å²) in [6, 6.07) is 11.1. The number of nitrogens with one attached hydrogen (secondary N) is 1. The SMILES string of the molecule is COc1ccc(OCCNC(=O)c2cc3c4c(c2)CC(=O)N4CCC3)cc1. The minimum absolute atomic E-state index is 0.135. The summed E-state index contributed by atoms with van der Waals surface area (Å²) in [5.74, 6) is 1.50. The molecule has 0 radical (unpaired) electrons. The molecule has 2 amide bonds. The van der Waals surface area contributed by atoms with E-state index in [2.05, 4.69) is 5.32 Å². The van der Waals surface area contributed by atoms with Crippen molar-refractivity contribution in [3.05, 3.63) is 53.1 Å². The summed E-state index contributed by atoms with van der Waals surface area (Å²) in [5, 5.41) is 2.89. The van der Waals surface area contributed by atoms with E-state index in [-0.39, 0.29) is 11.8 Å². The molecule has 140 valence electrons. The summed E-state index contributed by atoms with van der Waals surface area (Å²) < 4.78 is 10.7. The quantitative estimate of drug-likeness (QED) is 0.797. The van der Waals surface area contributed by atoms with Crippen LogP contribution in [0.15, 0.2) is 36.4 Å². The van der Waals surface area contributed by atoms with Gasteiger partial charge in [-0.2, -0.15) is 0 Å². The van der Waals surface area contributed by atoms with Gasteiger partial charge >= 0.3 is 0 Å². The number of benzene rings is 2. The Morgan fingerprint density at radius 3 is 2.67 bits per heavy atom. The number of nitrogens with zero attached hydrogens (tertiary/aromatic N) is 1. The third-order valence-corrected chi connectivity index (χ3v) is 4.99. The molecule has 0 fully saturated rings. The number of carbonyl (C=O) groups excluding carboxylic acids is 2. The first-order valence-electron chi connectivity index (χ1n) is 9.17. The molecule has 0 saturated carbocycles. The maximum atomic E-state index is 12.5. The van der Waals surface area contributed by atoms with Crippen molar-refractivity contribution in [2.45, 2.75) is 19.3 Å². The first kappa shape index (κ1) is 17.4. The van der Waals surface area contributed by atoms with Crippen molar-refractivity contribution in [2.75, 3.05) is 31.7 Å². The molecule has 0 bridgehead atoms. The first-order chi connectivity index (χ1) is 13.2. The standard InChI is InChI=1S/C21H22N2O4/c1-26-17-4-6-18(7-5-17)27-10-8-22-21(25)16-11-14-3-2-9-23-19(24)13-15(12-16)20(14)23/h4-7,11-12H,2-3,8-10,13H2,1H3,(H,22,25). The molecule has 0 aliphatic carbocycles. The van der Waals surface area contributed by atoms with Crippen molar-refractivity contribution >= 4 is 17.5 Å². The van der Waals surface area contributed by atoms with E-state index in [1.54, 1.807) is 7.11 Å². The zero-order chi connectivity index (χ0) is 18.8. The molecule has 2 heterocycles. The van der Waals surface area contributed by atoms with Crippen molar-refractivity contribution < 1.29 is 19.1 Å². The molecule has 6 nitrogen and oxygen atoms in total. The molecule has 27 heavy (non-hydrogen) atoms. The lowest BCUT2D eigenvalue weighted by Gasteiger charge is -2.25. The lowest BCUT2D eigenvalue weighted by molar-refractivity contribution is -0.117. The summed E-state index contributed by atoms with van der Waals surface area (Å²) in [6.07, 6.45) is 2.25. The fourth-order valence-electron chi connectivity index (χ4n) is 3.72. The number of amides is 2. The zero-order valence-corrected chi connectivity index (χ0v) is 15.3. The second-order valence-electron chi connectivity index (χ2n) is 6.75. The third kappa shape index (κ3) is 3.47. The summed E-state index contributed by atoms with van der Waals surface area (Å²) in [5.41, 5.74) is 3.72.